The van der Waals surface area contributed by atoms with Gasteiger partial charge in [0.2, 0.25) is 0 Å². The van der Waals surface area contributed by atoms with Crippen LogP contribution in [0.1, 0.15) is 5.56 Å². The van der Waals surface area contributed by atoms with Crippen LogP contribution >= 0.6 is 11.6 Å². The summed E-state index contributed by atoms with van der Waals surface area (Å²) in [6.07, 6.45) is 2.36. The first-order valence-electron chi connectivity index (χ1n) is 8.57. The lowest BCUT2D eigenvalue weighted by Crippen LogP contribution is -2.10. The quantitative estimate of drug-likeness (QED) is 0.546. The van der Waals surface area contributed by atoms with Crippen LogP contribution in [0.5, 0.6) is 5.75 Å². The smallest absolute Gasteiger partial charge is 0.254 e. The van der Waals surface area contributed by atoms with Crippen LogP contribution in [0.4, 0.5) is 5.82 Å². The van der Waals surface area contributed by atoms with Crippen molar-refractivity contribution in [2.75, 3.05) is 19.0 Å². The molecule has 0 bridgehead atoms. The minimum Gasteiger partial charge on any atom is -0.497 e. The fraction of sp³-hybridized carbons (Fsp3) is 0.150. The predicted octanol–water partition coefficient (Wildman–Crippen LogP) is 4.11. The third kappa shape index (κ3) is 3.71. The van der Waals surface area contributed by atoms with Gasteiger partial charge in [-0.05, 0) is 30.2 Å². The molecule has 0 unspecified atom stereocenters. The van der Waals surface area contributed by atoms with Gasteiger partial charge < -0.3 is 10.1 Å². The van der Waals surface area contributed by atoms with Crippen LogP contribution in [-0.2, 0) is 6.42 Å². The second kappa shape index (κ2) is 7.63. The summed E-state index contributed by atoms with van der Waals surface area (Å²) in [6.45, 7) is 0.743. The molecular weight excluding hydrogens is 362 g/mol. The molecule has 0 saturated carbocycles. The van der Waals surface area contributed by atoms with Crippen LogP contribution in [0.3, 0.4) is 0 Å². The molecule has 0 aliphatic heterocycles. The lowest BCUT2D eigenvalue weighted by molar-refractivity contribution is 0.414. The van der Waals surface area contributed by atoms with Gasteiger partial charge in [0.25, 0.3) is 5.78 Å². The molecule has 0 radical (unpaired) electrons. The molecule has 1 N–H and O–H groups in total. The highest BCUT2D eigenvalue weighted by atomic mass is 35.5. The normalized spacial score (nSPS) is 10.9. The summed E-state index contributed by atoms with van der Waals surface area (Å²) in [6, 6.07) is 17.6. The van der Waals surface area contributed by atoms with Gasteiger partial charge in [0.1, 0.15) is 17.9 Å². The first kappa shape index (κ1) is 17.3. The van der Waals surface area contributed by atoms with Crippen molar-refractivity contribution < 1.29 is 4.74 Å². The van der Waals surface area contributed by atoms with Crippen LogP contribution in [0.15, 0.2) is 60.9 Å². The van der Waals surface area contributed by atoms with Gasteiger partial charge in [-0.15, -0.1) is 0 Å². The molecule has 6 nitrogen and oxygen atoms in total. The summed E-state index contributed by atoms with van der Waals surface area (Å²) in [7, 11) is 1.67. The van der Waals surface area contributed by atoms with Gasteiger partial charge in [0.15, 0.2) is 0 Å². The van der Waals surface area contributed by atoms with E-state index in [-0.39, 0.29) is 0 Å². The number of rotatable bonds is 6. The van der Waals surface area contributed by atoms with E-state index in [9.17, 15) is 0 Å². The van der Waals surface area contributed by atoms with Crippen LogP contribution in [-0.4, -0.2) is 33.2 Å². The fourth-order valence-corrected chi connectivity index (χ4v) is 3.10. The molecule has 0 aliphatic carbocycles. The number of ether oxygens (including phenoxy) is 1. The second-order valence-corrected chi connectivity index (χ2v) is 6.41. The number of nitrogens with zero attached hydrogens (tertiary/aromatic N) is 4. The number of hydrogen-bond donors (Lipinski definition) is 1. The standard InChI is InChI=1S/C20H18ClN5O/c1-27-15-8-6-14(7-9-15)10-11-22-19-12-18(16-4-2-3-5-17(16)21)25-20-23-13-24-26(19)20/h2-9,12-13,22H,10-11H2,1H3. The van der Waals surface area contributed by atoms with Gasteiger partial charge in [-0.3, -0.25) is 0 Å². The summed E-state index contributed by atoms with van der Waals surface area (Å²) in [5, 5.41) is 8.33. The Morgan fingerprint density at radius 2 is 1.93 bits per heavy atom. The molecule has 27 heavy (non-hydrogen) atoms. The van der Waals surface area contributed by atoms with Gasteiger partial charge in [-0.1, -0.05) is 41.9 Å². The van der Waals surface area contributed by atoms with E-state index in [4.69, 9.17) is 16.3 Å². The van der Waals surface area contributed by atoms with Crippen LogP contribution in [0.25, 0.3) is 17.0 Å². The van der Waals surface area contributed by atoms with E-state index in [0.29, 0.717) is 10.8 Å². The largest absolute Gasteiger partial charge is 0.497 e. The molecule has 7 heteroatoms. The van der Waals surface area contributed by atoms with Crippen molar-refractivity contribution in [2.24, 2.45) is 0 Å². The topological polar surface area (TPSA) is 64.3 Å². The van der Waals surface area contributed by atoms with Crippen LogP contribution in [0.2, 0.25) is 5.02 Å². The molecule has 0 amide bonds. The van der Waals surface area contributed by atoms with E-state index < -0.39 is 0 Å². The van der Waals surface area contributed by atoms with Gasteiger partial charge in [0.05, 0.1) is 12.8 Å². The van der Waals surface area contributed by atoms with E-state index in [1.807, 2.05) is 42.5 Å². The number of benzene rings is 2. The molecule has 4 rings (SSSR count). The Morgan fingerprint density at radius 3 is 2.70 bits per heavy atom. The number of hydrogen-bond acceptors (Lipinski definition) is 5. The molecule has 2 heterocycles. The van der Waals surface area contributed by atoms with Crippen molar-refractivity contribution >= 4 is 23.2 Å². The van der Waals surface area contributed by atoms with E-state index in [1.165, 1.54) is 11.9 Å². The van der Waals surface area contributed by atoms with Crippen LogP contribution < -0.4 is 10.1 Å². The summed E-state index contributed by atoms with van der Waals surface area (Å²) in [4.78, 5) is 8.79. The molecule has 4 aromatic rings. The maximum absolute atomic E-state index is 6.33. The summed E-state index contributed by atoms with van der Waals surface area (Å²) in [5.41, 5.74) is 2.84. The highest BCUT2D eigenvalue weighted by Gasteiger charge is 2.11. The number of anilines is 1. The maximum atomic E-state index is 6.33. The Morgan fingerprint density at radius 1 is 1.11 bits per heavy atom. The zero-order valence-electron chi connectivity index (χ0n) is 14.8. The third-order valence-corrected chi connectivity index (χ3v) is 4.61. The predicted molar refractivity (Wildman–Crippen MR) is 106 cm³/mol. The number of aromatic nitrogens is 4. The van der Waals surface area contributed by atoms with Gasteiger partial charge in [-0.25, -0.2) is 4.98 Å². The van der Waals surface area contributed by atoms with Gasteiger partial charge in [-0.2, -0.15) is 14.6 Å². The highest BCUT2D eigenvalue weighted by molar-refractivity contribution is 6.33. The van der Waals surface area contributed by atoms with Crippen LogP contribution in [0, 0.1) is 0 Å². The maximum Gasteiger partial charge on any atom is 0.254 e. The summed E-state index contributed by atoms with van der Waals surface area (Å²) < 4.78 is 6.88. The molecular formula is C20H18ClN5O. The number of fused-ring (bicyclic) bond motifs is 1. The van der Waals surface area contributed by atoms with Crippen molar-refractivity contribution in [1.29, 1.82) is 0 Å². The minimum absolute atomic E-state index is 0.527. The Kier molecular flexibility index (Phi) is 4.89. The summed E-state index contributed by atoms with van der Waals surface area (Å²) in [5.74, 6) is 2.20. The van der Waals surface area contributed by atoms with E-state index in [2.05, 4.69) is 32.5 Å². The Bertz CT molecular complexity index is 1060. The zero-order valence-corrected chi connectivity index (χ0v) is 15.5. The number of methoxy groups -OCH3 is 1. The monoisotopic (exact) mass is 379 g/mol. The molecule has 2 aromatic carbocycles. The fourth-order valence-electron chi connectivity index (χ4n) is 2.87. The van der Waals surface area contributed by atoms with Gasteiger partial charge >= 0.3 is 0 Å². The lowest BCUT2D eigenvalue weighted by Gasteiger charge is -2.11. The Balaban J connectivity index is 1.57. The molecule has 0 spiro atoms. The number of nitrogens with one attached hydrogen (secondary N) is 1. The first-order chi connectivity index (χ1) is 13.2. The highest BCUT2D eigenvalue weighted by Crippen LogP contribution is 2.28. The van der Waals surface area contributed by atoms with E-state index >= 15 is 0 Å². The van der Waals surface area contributed by atoms with Crippen molar-refractivity contribution in [3.63, 3.8) is 0 Å². The molecule has 0 atom stereocenters. The average Bonchev–Trinajstić information content (AvgIpc) is 3.18. The van der Waals surface area contributed by atoms with Crippen molar-refractivity contribution in [3.05, 3.63) is 71.5 Å². The van der Waals surface area contributed by atoms with Crippen molar-refractivity contribution in [3.8, 4) is 17.0 Å². The first-order valence-corrected chi connectivity index (χ1v) is 8.95. The second-order valence-electron chi connectivity index (χ2n) is 6.00. The summed E-state index contributed by atoms with van der Waals surface area (Å²) >= 11 is 6.33. The lowest BCUT2D eigenvalue weighted by atomic mass is 10.1. The minimum atomic E-state index is 0.527. The number of halogens is 1. The van der Waals surface area contributed by atoms with Crippen molar-refractivity contribution in [1.82, 2.24) is 19.6 Å². The average molecular weight is 380 g/mol. The zero-order chi connectivity index (χ0) is 18.6. The Labute approximate surface area is 161 Å². The molecule has 0 fully saturated rings. The molecule has 0 saturated heterocycles. The van der Waals surface area contributed by atoms with E-state index in [0.717, 1.165) is 35.8 Å². The SMILES string of the molecule is COc1ccc(CCNc2cc(-c3ccccc3Cl)nc3ncnn23)cc1. The Hall–Kier alpha value is -3.12. The van der Waals surface area contributed by atoms with Gasteiger partial charge in [0, 0.05) is 23.2 Å². The molecule has 136 valence electrons. The molecule has 2 aromatic heterocycles. The third-order valence-electron chi connectivity index (χ3n) is 4.28. The van der Waals surface area contributed by atoms with Crippen molar-refractivity contribution in [2.45, 2.75) is 6.42 Å². The molecule has 0 aliphatic rings. The van der Waals surface area contributed by atoms with E-state index in [1.54, 1.807) is 11.6 Å².